The molecule has 1 aliphatic carbocycles. The summed E-state index contributed by atoms with van der Waals surface area (Å²) in [5, 5.41) is 8.50. The third-order valence-corrected chi connectivity index (χ3v) is 1.43. The van der Waals surface area contributed by atoms with Crippen LogP contribution < -0.4 is 0 Å². The molecule has 0 aliphatic heterocycles. The van der Waals surface area contributed by atoms with E-state index in [1.807, 2.05) is 0 Å². The lowest BCUT2D eigenvalue weighted by atomic mass is 9.98. The van der Waals surface area contributed by atoms with Gasteiger partial charge in [0.05, 0.1) is 6.42 Å². The molecule has 1 atom stereocenters. The molecule has 0 aromatic rings. The van der Waals surface area contributed by atoms with E-state index in [0.29, 0.717) is 12.2 Å². The Balaban J connectivity index is 2.85. The van der Waals surface area contributed by atoms with E-state index in [9.17, 15) is 17.6 Å². The Bertz CT molecular complexity index is 187. The second kappa shape index (κ2) is 2.20. The van der Waals surface area contributed by atoms with Gasteiger partial charge in [0.1, 0.15) is 6.10 Å². The molecule has 0 amide bonds. The van der Waals surface area contributed by atoms with Crippen LogP contribution in [0.4, 0.5) is 17.6 Å². The summed E-state index contributed by atoms with van der Waals surface area (Å²) in [5.41, 5.74) is 0. The molecule has 0 aromatic heterocycles. The maximum Gasteiger partial charge on any atom is 0.283 e. The molecule has 1 aliphatic rings. The van der Waals surface area contributed by atoms with Crippen LogP contribution in [-0.4, -0.2) is 23.1 Å². The Kier molecular flexibility index (Phi) is 1.70. The summed E-state index contributed by atoms with van der Waals surface area (Å²) in [6, 6.07) is 0. The Labute approximate surface area is 60.3 Å². The quantitative estimate of drug-likeness (QED) is 0.432. The van der Waals surface area contributed by atoms with E-state index in [2.05, 4.69) is 0 Å². The van der Waals surface area contributed by atoms with Gasteiger partial charge in [-0.2, -0.15) is 0 Å². The Morgan fingerprint density at radius 3 is 2.18 bits per heavy atom. The van der Waals surface area contributed by atoms with E-state index in [0.717, 1.165) is 0 Å². The van der Waals surface area contributed by atoms with Crippen molar-refractivity contribution in [2.24, 2.45) is 0 Å². The van der Waals surface area contributed by atoms with Gasteiger partial charge in [-0.1, -0.05) is 0 Å². The van der Waals surface area contributed by atoms with E-state index in [4.69, 9.17) is 5.11 Å². The minimum atomic E-state index is -3.71. The number of hydrogen-bond donors (Lipinski definition) is 1. The van der Waals surface area contributed by atoms with Crippen molar-refractivity contribution in [1.29, 1.82) is 0 Å². The van der Waals surface area contributed by atoms with Crippen LogP contribution in [0.25, 0.3) is 0 Å². The largest absolute Gasteiger partial charge is 0.383 e. The fourth-order valence-corrected chi connectivity index (χ4v) is 0.850. The second-order valence-corrected chi connectivity index (χ2v) is 2.50. The van der Waals surface area contributed by atoms with Gasteiger partial charge < -0.3 is 5.11 Å². The molecule has 0 heterocycles. The minimum Gasteiger partial charge on any atom is -0.383 e. The van der Waals surface area contributed by atoms with Crippen LogP contribution >= 0.6 is 0 Å². The van der Waals surface area contributed by atoms with Crippen LogP contribution in [0.5, 0.6) is 0 Å². The van der Waals surface area contributed by atoms with Crippen molar-refractivity contribution in [3.63, 3.8) is 0 Å². The number of alkyl halides is 4. The Morgan fingerprint density at radius 2 is 1.82 bits per heavy atom. The molecule has 0 saturated heterocycles. The first-order valence-corrected chi connectivity index (χ1v) is 2.97. The van der Waals surface area contributed by atoms with Gasteiger partial charge in [-0.25, -0.2) is 17.6 Å². The third-order valence-electron chi connectivity index (χ3n) is 1.43. The molecule has 1 rings (SSSR count). The lowest BCUT2D eigenvalue weighted by Crippen LogP contribution is -2.41. The molecule has 1 N–H and O–H groups in total. The molecule has 0 fully saturated rings. The standard InChI is InChI=1S/C6H6F4O/c7-5(8)2-1-4(11)6(9,10)3-5/h1-2,4,11H,3H2. The van der Waals surface area contributed by atoms with Crippen molar-refractivity contribution < 1.29 is 22.7 Å². The van der Waals surface area contributed by atoms with Crippen LogP contribution in [0.15, 0.2) is 12.2 Å². The van der Waals surface area contributed by atoms with E-state index in [1.54, 1.807) is 0 Å². The number of aliphatic hydroxyl groups is 1. The lowest BCUT2D eigenvalue weighted by molar-refractivity contribution is -0.147. The molecule has 0 radical (unpaired) electrons. The molecule has 1 unspecified atom stereocenters. The van der Waals surface area contributed by atoms with E-state index < -0.39 is 24.4 Å². The molecule has 1 nitrogen and oxygen atoms in total. The van der Waals surface area contributed by atoms with Gasteiger partial charge in [-0.05, 0) is 12.2 Å². The molecule has 5 heteroatoms. The van der Waals surface area contributed by atoms with Crippen LogP contribution in [-0.2, 0) is 0 Å². The highest BCUT2D eigenvalue weighted by molar-refractivity contribution is 5.10. The zero-order valence-electron chi connectivity index (χ0n) is 5.40. The minimum absolute atomic E-state index is 0.301. The molecular formula is C6H6F4O. The van der Waals surface area contributed by atoms with Crippen LogP contribution in [0.1, 0.15) is 6.42 Å². The molecule has 0 bridgehead atoms. The third kappa shape index (κ3) is 1.71. The average Bonchev–Trinajstić information content (AvgIpc) is 1.77. The van der Waals surface area contributed by atoms with Gasteiger partial charge >= 0.3 is 0 Å². The number of rotatable bonds is 0. The predicted molar refractivity (Wildman–Crippen MR) is 29.7 cm³/mol. The first-order chi connectivity index (χ1) is 4.83. The van der Waals surface area contributed by atoms with Crippen molar-refractivity contribution in [1.82, 2.24) is 0 Å². The average molecular weight is 170 g/mol. The van der Waals surface area contributed by atoms with E-state index in [-0.39, 0.29) is 0 Å². The zero-order valence-corrected chi connectivity index (χ0v) is 5.40. The van der Waals surface area contributed by atoms with Gasteiger partial charge in [-0.15, -0.1) is 0 Å². The molecule has 0 saturated carbocycles. The van der Waals surface area contributed by atoms with Gasteiger partial charge in [0, 0.05) is 0 Å². The van der Waals surface area contributed by atoms with Crippen molar-refractivity contribution in [2.45, 2.75) is 24.4 Å². The maximum absolute atomic E-state index is 12.3. The topological polar surface area (TPSA) is 20.2 Å². The number of allylic oxidation sites excluding steroid dienone is 1. The summed E-state index contributed by atoms with van der Waals surface area (Å²) >= 11 is 0. The van der Waals surface area contributed by atoms with E-state index >= 15 is 0 Å². The van der Waals surface area contributed by atoms with Crippen LogP contribution in [0.3, 0.4) is 0 Å². The van der Waals surface area contributed by atoms with Crippen LogP contribution in [0.2, 0.25) is 0 Å². The van der Waals surface area contributed by atoms with E-state index in [1.165, 1.54) is 0 Å². The van der Waals surface area contributed by atoms with Crippen molar-refractivity contribution >= 4 is 0 Å². The molecular weight excluding hydrogens is 164 g/mol. The van der Waals surface area contributed by atoms with Gasteiger partial charge in [0.25, 0.3) is 11.8 Å². The summed E-state index contributed by atoms with van der Waals surface area (Å²) in [6.07, 6.45) is -2.97. The fourth-order valence-electron chi connectivity index (χ4n) is 0.850. The summed E-state index contributed by atoms with van der Waals surface area (Å²) in [4.78, 5) is 0. The highest BCUT2D eigenvalue weighted by Crippen LogP contribution is 2.38. The Hall–Kier alpha value is -0.580. The predicted octanol–water partition coefficient (Wildman–Crippen LogP) is 1.58. The monoisotopic (exact) mass is 170 g/mol. The van der Waals surface area contributed by atoms with Crippen molar-refractivity contribution in [3.05, 3.63) is 12.2 Å². The molecule has 0 spiro atoms. The first kappa shape index (κ1) is 8.52. The summed E-state index contributed by atoms with van der Waals surface area (Å²) in [7, 11) is 0. The highest BCUT2D eigenvalue weighted by atomic mass is 19.3. The SMILES string of the molecule is OC1C=CC(F)(F)CC1(F)F. The second-order valence-electron chi connectivity index (χ2n) is 2.50. The smallest absolute Gasteiger partial charge is 0.283 e. The van der Waals surface area contributed by atoms with Crippen molar-refractivity contribution in [2.75, 3.05) is 0 Å². The first-order valence-electron chi connectivity index (χ1n) is 2.97. The normalized spacial score (nSPS) is 33.7. The molecule has 64 valence electrons. The molecule has 0 aromatic carbocycles. The highest BCUT2D eigenvalue weighted by Gasteiger charge is 2.49. The van der Waals surface area contributed by atoms with Gasteiger partial charge in [0.15, 0.2) is 0 Å². The maximum atomic E-state index is 12.3. The fraction of sp³-hybridized carbons (Fsp3) is 0.667. The van der Waals surface area contributed by atoms with Crippen molar-refractivity contribution in [3.8, 4) is 0 Å². The summed E-state index contributed by atoms with van der Waals surface area (Å²) < 4.78 is 49.0. The summed E-state index contributed by atoms with van der Waals surface area (Å²) in [6.45, 7) is 0. The Morgan fingerprint density at radius 1 is 1.27 bits per heavy atom. The van der Waals surface area contributed by atoms with Gasteiger partial charge in [0.2, 0.25) is 0 Å². The zero-order chi connectivity index (χ0) is 8.70. The molecule has 11 heavy (non-hydrogen) atoms. The number of aliphatic hydroxyl groups excluding tert-OH is 1. The van der Waals surface area contributed by atoms with Gasteiger partial charge in [-0.3, -0.25) is 0 Å². The summed E-state index contributed by atoms with van der Waals surface area (Å²) in [5.74, 6) is -7.21. The lowest BCUT2D eigenvalue weighted by Gasteiger charge is -2.27. The number of hydrogen-bond acceptors (Lipinski definition) is 1. The van der Waals surface area contributed by atoms with Crippen LogP contribution in [0, 0.1) is 0 Å². The number of halogens is 4.